The molecule has 0 aliphatic carbocycles. The molecule has 0 radical (unpaired) electrons. The lowest BCUT2D eigenvalue weighted by atomic mass is 9.86. The second-order valence-corrected chi connectivity index (χ2v) is 7.77. The van der Waals surface area contributed by atoms with Gasteiger partial charge in [-0.1, -0.05) is 68.2 Å². The summed E-state index contributed by atoms with van der Waals surface area (Å²) in [5.41, 5.74) is 5.47. The number of hydrogen-bond acceptors (Lipinski definition) is 3. The smallest absolute Gasteiger partial charge is 0.277 e. The van der Waals surface area contributed by atoms with Crippen molar-refractivity contribution in [1.29, 1.82) is 0 Å². The zero-order chi connectivity index (χ0) is 19.3. The molecule has 0 aromatic heterocycles. The van der Waals surface area contributed by atoms with Gasteiger partial charge < -0.3 is 4.74 Å². The summed E-state index contributed by atoms with van der Waals surface area (Å²) in [6.07, 6.45) is 0. The molecule has 0 fully saturated rings. The van der Waals surface area contributed by atoms with E-state index in [1.807, 2.05) is 19.1 Å². The van der Waals surface area contributed by atoms with Gasteiger partial charge in [0.15, 0.2) is 6.61 Å². The minimum atomic E-state index is -0.373. The predicted octanol–water partition coefficient (Wildman–Crippen LogP) is 5.21. The second kappa shape index (κ2) is 8.56. The number of hydrazone groups is 1. The van der Waals surface area contributed by atoms with Crippen LogP contribution in [-0.4, -0.2) is 18.2 Å². The van der Waals surface area contributed by atoms with Crippen LogP contribution in [0.15, 0.2) is 47.6 Å². The first kappa shape index (κ1) is 20.3. The molecule has 0 saturated carbocycles. The monoisotopic (exact) mass is 392 g/mol. The van der Waals surface area contributed by atoms with E-state index in [1.165, 1.54) is 5.56 Å². The normalized spacial score (nSPS) is 12.0. The van der Waals surface area contributed by atoms with E-state index in [-0.39, 0.29) is 17.9 Å². The highest BCUT2D eigenvalue weighted by molar-refractivity contribution is 6.35. The Morgan fingerprint density at radius 1 is 1.12 bits per heavy atom. The quantitative estimate of drug-likeness (QED) is 0.560. The fourth-order valence-corrected chi connectivity index (χ4v) is 2.65. The number of amides is 1. The van der Waals surface area contributed by atoms with E-state index in [0.29, 0.717) is 21.5 Å². The lowest BCUT2D eigenvalue weighted by Gasteiger charge is -2.19. The Bertz CT molecular complexity index is 810. The molecule has 2 aromatic rings. The first-order valence-corrected chi connectivity index (χ1v) is 8.94. The van der Waals surface area contributed by atoms with Gasteiger partial charge in [0.05, 0.1) is 10.7 Å². The molecule has 0 bridgehead atoms. The highest BCUT2D eigenvalue weighted by Gasteiger charge is 2.13. The van der Waals surface area contributed by atoms with Crippen molar-refractivity contribution in [2.24, 2.45) is 5.10 Å². The Balaban J connectivity index is 1.92. The van der Waals surface area contributed by atoms with Crippen LogP contribution in [0.1, 0.15) is 38.8 Å². The van der Waals surface area contributed by atoms with Crippen LogP contribution in [0.4, 0.5) is 0 Å². The molecule has 0 heterocycles. The average molecular weight is 393 g/mol. The maximum atomic E-state index is 11.9. The van der Waals surface area contributed by atoms with E-state index < -0.39 is 0 Å². The highest BCUT2D eigenvalue weighted by Crippen LogP contribution is 2.27. The number of halogens is 2. The largest absolute Gasteiger partial charge is 0.482 e. The number of carbonyl (C=O) groups is 1. The van der Waals surface area contributed by atoms with E-state index in [0.717, 1.165) is 5.56 Å². The fourth-order valence-electron chi connectivity index (χ4n) is 2.19. The van der Waals surface area contributed by atoms with Crippen molar-refractivity contribution in [2.45, 2.75) is 33.1 Å². The van der Waals surface area contributed by atoms with Crippen molar-refractivity contribution < 1.29 is 9.53 Å². The zero-order valence-electron chi connectivity index (χ0n) is 15.3. The van der Waals surface area contributed by atoms with Gasteiger partial charge >= 0.3 is 0 Å². The number of nitrogens with zero attached hydrogens (tertiary/aromatic N) is 1. The highest BCUT2D eigenvalue weighted by atomic mass is 35.5. The van der Waals surface area contributed by atoms with Crippen molar-refractivity contribution in [3.05, 3.63) is 63.6 Å². The Morgan fingerprint density at radius 3 is 2.35 bits per heavy atom. The van der Waals surface area contributed by atoms with Gasteiger partial charge in [-0.3, -0.25) is 4.79 Å². The summed E-state index contributed by atoms with van der Waals surface area (Å²) in [6, 6.07) is 12.9. The molecule has 2 aromatic carbocycles. The van der Waals surface area contributed by atoms with Gasteiger partial charge in [0, 0.05) is 5.02 Å². The maximum Gasteiger partial charge on any atom is 0.277 e. The molecule has 1 amide bonds. The SMILES string of the molecule is C/C(=N/NC(=O)COc1ccc(Cl)cc1Cl)c1ccc(C(C)(C)C)cc1. The molecule has 0 atom stereocenters. The van der Waals surface area contributed by atoms with Crippen molar-refractivity contribution in [1.82, 2.24) is 5.43 Å². The van der Waals surface area contributed by atoms with Crippen molar-refractivity contribution in [3.63, 3.8) is 0 Å². The third kappa shape index (κ3) is 5.75. The molecular weight excluding hydrogens is 371 g/mol. The third-order valence-corrected chi connectivity index (χ3v) is 4.30. The van der Waals surface area contributed by atoms with E-state index >= 15 is 0 Å². The van der Waals surface area contributed by atoms with Crippen LogP contribution in [0, 0.1) is 0 Å². The summed E-state index contributed by atoms with van der Waals surface area (Å²) in [7, 11) is 0. The maximum absolute atomic E-state index is 11.9. The Morgan fingerprint density at radius 2 is 1.77 bits per heavy atom. The third-order valence-electron chi connectivity index (χ3n) is 3.77. The summed E-state index contributed by atoms with van der Waals surface area (Å²) >= 11 is 11.8. The number of rotatable bonds is 5. The number of nitrogens with one attached hydrogen (secondary N) is 1. The average Bonchev–Trinajstić information content (AvgIpc) is 2.58. The molecule has 0 saturated heterocycles. The number of carbonyl (C=O) groups excluding carboxylic acids is 1. The molecular formula is C20H22Cl2N2O2. The first-order valence-electron chi connectivity index (χ1n) is 8.19. The molecule has 0 unspecified atom stereocenters. The molecule has 0 spiro atoms. The second-order valence-electron chi connectivity index (χ2n) is 6.92. The lowest BCUT2D eigenvalue weighted by molar-refractivity contribution is -0.123. The molecule has 2 rings (SSSR count). The topological polar surface area (TPSA) is 50.7 Å². The van der Waals surface area contributed by atoms with Gasteiger partial charge in [0.1, 0.15) is 5.75 Å². The van der Waals surface area contributed by atoms with Crippen molar-refractivity contribution in [3.8, 4) is 5.75 Å². The van der Waals surface area contributed by atoms with Gasteiger partial charge in [0.25, 0.3) is 5.91 Å². The summed E-state index contributed by atoms with van der Waals surface area (Å²) in [5, 5.41) is 4.97. The predicted molar refractivity (Wildman–Crippen MR) is 107 cm³/mol. The fraction of sp³-hybridized carbons (Fsp3) is 0.300. The van der Waals surface area contributed by atoms with Crippen LogP contribution in [-0.2, 0) is 10.2 Å². The van der Waals surface area contributed by atoms with Crippen LogP contribution < -0.4 is 10.2 Å². The molecule has 0 aliphatic heterocycles. The molecule has 138 valence electrons. The number of ether oxygens (including phenoxy) is 1. The van der Waals surface area contributed by atoms with Crippen LogP contribution in [0.5, 0.6) is 5.75 Å². The van der Waals surface area contributed by atoms with E-state index in [1.54, 1.807) is 18.2 Å². The van der Waals surface area contributed by atoms with Gasteiger partial charge in [-0.2, -0.15) is 5.10 Å². The Hall–Kier alpha value is -2.04. The summed E-state index contributed by atoms with van der Waals surface area (Å²) < 4.78 is 5.37. The van der Waals surface area contributed by atoms with E-state index in [4.69, 9.17) is 27.9 Å². The van der Waals surface area contributed by atoms with Gasteiger partial charge in [-0.25, -0.2) is 5.43 Å². The van der Waals surface area contributed by atoms with Crippen LogP contribution >= 0.6 is 23.2 Å². The van der Waals surface area contributed by atoms with Gasteiger partial charge in [0.2, 0.25) is 0 Å². The van der Waals surface area contributed by atoms with E-state index in [2.05, 4.69) is 43.4 Å². The van der Waals surface area contributed by atoms with Gasteiger partial charge in [-0.05, 0) is 41.7 Å². The molecule has 0 aliphatic rings. The Kier molecular flexibility index (Phi) is 6.68. The number of benzene rings is 2. The van der Waals surface area contributed by atoms with Crippen LogP contribution in [0.3, 0.4) is 0 Å². The first-order chi connectivity index (χ1) is 12.2. The standard InChI is InChI=1S/C20H22Cl2N2O2/c1-13(14-5-7-15(8-6-14)20(2,3)4)23-24-19(25)12-26-18-10-9-16(21)11-17(18)22/h5-11H,12H2,1-4H3,(H,24,25)/b23-13-. The minimum Gasteiger partial charge on any atom is -0.482 e. The van der Waals surface area contributed by atoms with Crippen LogP contribution in [0.25, 0.3) is 0 Å². The molecule has 6 heteroatoms. The molecule has 1 N–H and O–H groups in total. The van der Waals surface area contributed by atoms with Crippen LogP contribution in [0.2, 0.25) is 10.0 Å². The summed E-state index contributed by atoms with van der Waals surface area (Å²) in [6.45, 7) is 8.13. The van der Waals surface area contributed by atoms with Gasteiger partial charge in [-0.15, -0.1) is 0 Å². The summed E-state index contributed by atoms with van der Waals surface area (Å²) in [4.78, 5) is 11.9. The Labute approximate surface area is 164 Å². The van der Waals surface area contributed by atoms with Crippen molar-refractivity contribution in [2.75, 3.05) is 6.61 Å². The zero-order valence-corrected chi connectivity index (χ0v) is 16.8. The molecule has 26 heavy (non-hydrogen) atoms. The number of hydrogen-bond donors (Lipinski definition) is 1. The molecule has 4 nitrogen and oxygen atoms in total. The lowest BCUT2D eigenvalue weighted by Crippen LogP contribution is -2.25. The van der Waals surface area contributed by atoms with Crippen molar-refractivity contribution >= 4 is 34.8 Å². The summed E-state index contributed by atoms with van der Waals surface area (Å²) in [5.74, 6) is 0.0198. The minimum absolute atomic E-state index is 0.0953. The van der Waals surface area contributed by atoms with E-state index in [9.17, 15) is 4.79 Å².